The average molecular weight is 526 g/mol. The van der Waals surface area contributed by atoms with Crippen molar-refractivity contribution in [3.63, 3.8) is 0 Å². The van der Waals surface area contributed by atoms with Crippen LogP contribution in [0.25, 0.3) is 0 Å². The molecule has 37 heavy (non-hydrogen) atoms. The van der Waals surface area contributed by atoms with Gasteiger partial charge in [-0.3, -0.25) is 9.69 Å². The van der Waals surface area contributed by atoms with Crippen LogP contribution < -0.4 is 10.6 Å². The molecule has 0 aromatic heterocycles. The van der Waals surface area contributed by atoms with Gasteiger partial charge in [0.15, 0.2) is 0 Å². The minimum atomic E-state index is -3.79. The number of hydrogen-bond donors (Lipinski definition) is 2. The number of likely N-dealkylation sites (tertiary alicyclic amines) is 1. The van der Waals surface area contributed by atoms with Gasteiger partial charge in [-0.1, -0.05) is 63.5 Å². The van der Waals surface area contributed by atoms with Crippen LogP contribution in [0, 0.1) is 23.2 Å². The second kappa shape index (κ2) is 11.1. The Bertz CT molecular complexity index is 1160. The number of carbonyl (C=O) groups is 1. The zero-order chi connectivity index (χ0) is 25.9. The molecule has 0 bridgehead atoms. The molecule has 5 rings (SSSR count). The Morgan fingerprint density at radius 1 is 1.08 bits per heavy atom. The topological polar surface area (TPSA) is 115 Å². The summed E-state index contributed by atoms with van der Waals surface area (Å²) in [5.41, 5.74) is -0.418. The minimum absolute atomic E-state index is 0.164. The van der Waals surface area contributed by atoms with E-state index < -0.39 is 21.6 Å². The molecule has 1 amide bonds. The number of hydrogen-bond acceptors (Lipinski definition) is 6. The van der Waals surface area contributed by atoms with Gasteiger partial charge in [0.25, 0.3) is 10.0 Å². The van der Waals surface area contributed by atoms with E-state index in [2.05, 4.69) is 26.0 Å². The van der Waals surface area contributed by atoms with E-state index in [0.717, 1.165) is 38.8 Å². The van der Waals surface area contributed by atoms with Crippen molar-refractivity contribution in [3.8, 4) is 6.07 Å². The van der Waals surface area contributed by atoms with Gasteiger partial charge in [0, 0.05) is 25.2 Å². The second-order valence-electron chi connectivity index (χ2n) is 11.5. The van der Waals surface area contributed by atoms with Crippen LogP contribution in [0.1, 0.15) is 82.6 Å². The van der Waals surface area contributed by atoms with E-state index in [0.29, 0.717) is 36.8 Å². The molecule has 4 aliphatic rings. The fourth-order valence-electron chi connectivity index (χ4n) is 6.69. The third kappa shape index (κ3) is 6.01. The Morgan fingerprint density at radius 3 is 2.46 bits per heavy atom. The van der Waals surface area contributed by atoms with Crippen LogP contribution in [0.15, 0.2) is 33.6 Å². The highest BCUT2D eigenvalue weighted by Crippen LogP contribution is 2.31. The molecular weight excluding hydrogens is 486 g/mol. The fraction of sp³-hybridized carbons (Fsp3) is 0.679. The van der Waals surface area contributed by atoms with E-state index in [1.54, 1.807) is 24.3 Å². The van der Waals surface area contributed by atoms with Crippen molar-refractivity contribution in [3.05, 3.63) is 29.8 Å². The number of fused-ring (bicyclic) bond motifs is 1. The van der Waals surface area contributed by atoms with Gasteiger partial charge in [0.2, 0.25) is 5.91 Å². The normalized spacial score (nSPS) is 27.2. The quantitative estimate of drug-likeness (QED) is 0.561. The summed E-state index contributed by atoms with van der Waals surface area (Å²) in [4.78, 5) is 16.3. The van der Waals surface area contributed by atoms with Crippen LogP contribution in [0.4, 0.5) is 0 Å². The summed E-state index contributed by atoms with van der Waals surface area (Å²) in [6.07, 6.45) is 13.2. The highest BCUT2D eigenvalue weighted by atomic mass is 32.2. The summed E-state index contributed by atoms with van der Waals surface area (Å²) >= 11 is 0. The number of rotatable bonds is 7. The van der Waals surface area contributed by atoms with Crippen molar-refractivity contribution >= 4 is 21.8 Å². The highest BCUT2D eigenvalue weighted by Gasteiger charge is 2.42. The third-order valence-electron chi connectivity index (χ3n) is 8.72. The number of sulfonamides is 1. The van der Waals surface area contributed by atoms with E-state index >= 15 is 0 Å². The number of nitrogens with zero attached hydrogens (tertiary/aromatic N) is 3. The number of benzene rings is 1. The maximum absolute atomic E-state index is 13.7. The first kappa shape index (κ1) is 26.2. The highest BCUT2D eigenvalue weighted by molar-refractivity contribution is 7.90. The summed E-state index contributed by atoms with van der Waals surface area (Å²) in [6.45, 7) is 2.35. The van der Waals surface area contributed by atoms with Crippen LogP contribution in [0.5, 0.6) is 0 Å². The molecule has 0 radical (unpaired) electrons. The lowest BCUT2D eigenvalue weighted by atomic mass is 9.84. The van der Waals surface area contributed by atoms with Gasteiger partial charge in [-0.05, 0) is 49.7 Å². The van der Waals surface area contributed by atoms with Crippen molar-refractivity contribution in [2.75, 3.05) is 19.6 Å². The van der Waals surface area contributed by atoms with Crippen LogP contribution in [0.3, 0.4) is 0 Å². The van der Waals surface area contributed by atoms with E-state index in [4.69, 9.17) is 0 Å². The minimum Gasteiger partial charge on any atom is -0.357 e. The first-order valence-electron chi connectivity index (χ1n) is 14.0. The molecule has 2 saturated carbocycles. The Labute approximate surface area is 221 Å². The number of amidine groups is 1. The Hall–Kier alpha value is -2.44. The molecule has 9 heteroatoms. The van der Waals surface area contributed by atoms with Crippen molar-refractivity contribution in [2.24, 2.45) is 16.2 Å². The lowest BCUT2D eigenvalue weighted by Crippen LogP contribution is -2.56. The predicted molar refractivity (Wildman–Crippen MR) is 142 cm³/mol. The molecule has 2 heterocycles. The molecule has 2 aliphatic carbocycles. The molecule has 2 aliphatic heterocycles. The average Bonchev–Trinajstić information content (AvgIpc) is 3.42. The second-order valence-corrected chi connectivity index (χ2v) is 13.1. The lowest BCUT2D eigenvalue weighted by Gasteiger charge is -2.31. The molecule has 0 spiro atoms. The molecule has 2 unspecified atom stereocenters. The van der Waals surface area contributed by atoms with E-state index in [-0.39, 0.29) is 16.6 Å². The largest absolute Gasteiger partial charge is 0.357 e. The van der Waals surface area contributed by atoms with Gasteiger partial charge in [0.1, 0.15) is 22.3 Å². The number of nitriles is 1. The molecule has 1 saturated heterocycles. The van der Waals surface area contributed by atoms with Crippen molar-refractivity contribution in [1.29, 1.82) is 5.26 Å². The first-order chi connectivity index (χ1) is 17.9. The van der Waals surface area contributed by atoms with E-state index in [9.17, 15) is 18.5 Å². The van der Waals surface area contributed by atoms with Gasteiger partial charge in [0.05, 0.1) is 6.07 Å². The zero-order valence-electron chi connectivity index (χ0n) is 21.6. The monoisotopic (exact) mass is 525 g/mol. The number of amides is 1. The molecule has 2 atom stereocenters. The van der Waals surface area contributed by atoms with Crippen LogP contribution in [-0.4, -0.2) is 56.3 Å². The molecule has 1 aromatic carbocycles. The van der Waals surface area contributed by atoms with Crippen LogP contribution in [0.2, 0.25) is 0 Å². The molecule has 1 aromatic rings. The van der Waals surface area contributed by atoms with Gasteiger partial charge < -0.3 is 10.6 Å². The van der Waals surface area contributed by atoms with E-state index in [1.165, 1.54) is 38.5 Å². The predicted octanol–water partition coefficient (Wildman–Crippen LogP) is 3.73. The summed E-state index contributed by atoms with van der Waals surface area (Å²) in [7, 11) is -3.79. The van der Waals surface area contributed by atoms with Crippen LogP contribution in [-0.2, 0) is 14.8 Å². The summed E-state index contributed by atoms with van der Waals surface area (Å²) < 4.78 is 29.2. The third-order valence-corrected chi connectivity index (χ3v) is 10.1. The van der Waals surface area contributed by atoms with Crippen LogP contribution >= 0.6 is 0 Å². The Kier molecular flexibility index (Phi) is 7.87. The van der Waals surface area contributed by atoms with Crippen molar-refractivity contribution in [1.82, 2.24) is 15.5 Å². The van der Waals surface area contributed by atoms with Gasteiger partial charge in [-0.15, -0.1) is 4.40 Å². The maximum Gasteiger partial charge on any atom is 0.285 e. The standard InChI is InChI=1S/C28H39N5O3S/c29-19-28(15-16-33(20-28)18-22-11-5-2-6-12-22)31-27(34)24(17-21-9-3-1-4-10-21)30-26-23-13-7-8-14-25(23)37(35,36)32-26/h7-8,13-14,21-22,24H,1-6,9-12,15-18,20H2,(H,30,32)(H,31,34). The Morgan fingerprint density at radius 2 is 1.76 bits per heavy atom. The number of carbonyl (C=O) groups excluding carboxylic acids is 1. The maximum atomic E-state index is 13.7. The molecule has 3 fully saturated rings. The Balaban J connectivity index is 1.31. The van der Waals surface area contributed by atoms with Gasteiger partial charge in [-0.2, -0.15) is 13.7 Å². The first-order valence-corrected chi connectivity index (χ1v) is 15.5. The zero-order valence-corrected chi connectivity index (χ0v) is 22.4. The molecule has 2 N–H and O–H groups in total. The smallest absolute Gasteiger partial charge is 0.285 e. The van der Waals surface area contributed by atoms with Crippen molar-refractivity contribution in [2.45, 2.75) is 93.5 Å². The van der Waals surface area contributed by atoms with Crippen molar-refractivity contribution < 1.29 is 13.2 Å². The molecular formula is C28H39N5O3S. The summed E-state index contributed by atoms with van der Waals surface area (Å²) in [5.74, 6) is 1.05. The van der Waals surface area contributed by atoms with E-state index in [1.807, 2.05) is 0 Å². The summed E-state index contributed by atoms with van der Waals surface area (Å²) in [6, 6.07) is 8.49. The SMILES string of the molecule is N#CC1(NC(=O)C(CC2CCCCC2)NC2=NS(=O)(=O)c3ccccc32)CCN(CC2CCCCC2)C1. The van der Waals surface area contributed by atoms with Gasteiger partial charge >= 0.3 is 0 Å². The lowest BCUT2D eigenvalue weighted by molar-refractivity contribution is -0.124. The summed E-state index contributed by atoms with van der Waals surface area (Å²) in [5, 5.41) is 16.5. The fourth-order valence-corrected chi connectivity index (χ4v) is 7.87. The van der Waals surface area contributed by atoms with Gasteiger partial charge in [-0.25, -0.2) is 0 Å². The number of nitrogens with one attached hydrogen (secondary N) is 2. The molecule has 200 valence electrons. The molecule has 8 nitrogen and oxygen atoms in total.